The van der Waals surface area contributed by atoms with Crippen LogP contribution in [0.2, 0.25) is 5.02 Å². The van der Waals surface area contributed by atoms with Crippen LogP contribution in [0, 0.1) is 11.7 Å². The fourth-order valence-corrected chi connectivity index (χ4v) is 3.43. The number of carboxylic acid groups (broad SMARTS) is 1. The number of hydrogen-bond acceptors (Lipinski definition) is 3. The summed E-state index contributed by atoms with van der Waals surface area (Å²) in [5, 5.41) is 19.5. The van der Waals surface area contributed by atoms with Gasteiger partial charge in [-0.15, -0.1) is 0 Å². The highest BCUT2D eigenvalue weighted by Gasteiger charge is 2.38. The molecule has 0 saturated carbocycles. The Morgan fingerprint density at radius 3 is 2.58 bits per heavy atom. The summed E-state index contributed by atoms with van der Waals surface area (Å²) in [7, 11) is 0. The third-order valence-electron chi connectivity index (χ3n) is 4.46. The van der Waals surface area contributed by atoms with Gasteiger partial charge in [0.15, 0.2) is 0 Å². The molecule has 6 heteroatoms. The second-order valence-electron chi connectivity index (χ2n) is 6.05. The summed E-state index contributed by atoms with van der Waals surface area (Å²) in [6.07, 6.45) is 0. The first kappa shape index (κ1) is 16.7. The Bertz CT molecular complexity index is 750. The Morgan fingerprint density at radius 2 is 1.92 bits per heavy atom. The van der Waals surface area contributed by atoms with Crippen molar-refractivity contribution in [2.75, 3.05) is 13.1 Å². The molecule has 2 aromatic rings. The first-order valence-electron chi connectivity index (χ1n) is 7.62. The van der Waals surface area contributed by atoms with Gasteiger partial charge in [-0.1, -0.05) is 35.9 Å². The molecule has 0 amide bonds. The van der Waals surface area contributed by atoms with Crippen LogP contribution in [-0.2, 0) is 11.3 Å². The Kier molecular flexibility index (Phi) is 4.73. The molecule has 1 saturated heterocycles. The molecule has 1 fully saturated rings. The standard InChI is InChI=1S/C18H17ClFNO3/c19-17-12(2-1-3-16(17)22)8-21-9-14(15(10-21)18(23)24)11-4-6-13(20)7-5-11/h1-7,14-15,22H,8-10H2,(H,23,24)/t14-,15+/m0/s1. The third kappa shape index (κ3) is 3.37. The van der Waals surface area contributed by atoms with Crippen LogP contribution in [0.1, 0.15) is 17.0 Å². The molecule has 2 aromatic carbocycles. The minimum atomic E-state index is -0.867. The van der Waals surface area contributed by atoms with Crippen LogP contribution >= 0.6 is 11.6 Å². The number of aromatic hydroxyl groups is 1. The molecule has 126 valence electrons. The van der Waals surface area contributed by atoms with Crippen LogP contribution in [0.5, 0.6) is 5.75 Å². The van der Waals surface area contributed by atoms with E-state index in [0.717, 1.165) is 11.1 Å². The molecule has 0 bridgehead atoms. The average Bonchev–Trinajstić information content (AvgIpc) is 2.97. The van der Waals surface area contributed by atoms with Crippen molar-refractivity contribution in [2.24, 2.45) is 5.92 Å². The number of phenolic OH excluding ortho intramolecular Hbond substituents is 1. The lowest BCUT2D eigenvalue weighted by atomic mass is 9.89. The molecule has 24 heavy (non-hydrogen) atoms. The zero-order valence-electron chi connectivity index (χ0n) is 12.8. The number of carboxylic acids is 1. The monoisotopic (exact) mass is 349 g/mol. The molecule has 1 aliphatic heterocycles. The van der Waals surface area contributed by atoms with Crippen molar-refractivity contribution < 1.29 is 19.4 Å². The largest absolute Gasteiger partial charge is 0.506 e. The van der Waals surface area contributed by atoms with Crippen LogP contribution in [0.4, 0.5) is 4.39 Å². The van der Waals surface area contributed by atoms with Gasteiger partial charge in [-0.3, -0.25) is 9.69 Å². The van der Waals surface area contributed by atoms with E-state index in [9.17, 15) is 19.4 Å². The quantitative estimate of drug-likeness (QED) is 0.887. The molecule has 2 atom stereocenters. The normalized spacial score (nSPS) is 21.1. The van der Waals surface area contributed by atoms with E-state index < -0.39 is 11.9 Å². The second kappa shape index (κ2) is 6.79. The Labute approximate surface area is 144 Å². The van der Waals surface area contributed by atoms with Gasteiger partial charge in [0.1, 0.15) is 11.6 Å². The average molecular weight is 350 g/mol. The van der Waals surface area contributed by atoms with Crippen molar-refractivity contribution in [3.05, 3.63) is 64.4 Å². The molecule has 2 N–H and O–H groups in total. The number of carbonyl (C=O) groups is 1. The Morgan fingerprint density at radius 1 is 1.21 bits per heavy atom. The van der Waals surface area contributed by atoms with E-state index in [-0.39, 0.29) is 22.5 Å². The molecule has 0 spiro atoms. The van der Waals surface area contributed by atoms with Gasteiger partial charge in [0.25, 0.3) is 0 Å². The summed E-state index contributed by atoms with van der Waals surface area (Å²) in [6, 6.07) is 11.0. The van der Waals surface area contributed by atoms with Crippen molar-refractivity contribution in [2.45, 2.75) is 12.5 Å². The first-order chi connectivity index (χ1) is 11.5. The molecule has 0 aromatic heterocycles. The Balaban J connectivity index is 1.81. The second-order valence-corrected chi connectivity index (χ2v) is 6.43. The summed E-state index contributed by atoms with van der Waals surface area (Å²) >= 11 is 6.11. The van der Waals surface area contributed by atoms with Gasteiger partial charge in [0, 0.05) is 25.6 Å². The highest BCUT2D eigenvalue weighted by Crippen LogP contribution is 2.35. The SMILES string of the molecule is O=C(O)[C@@H]1CN(Cc2cccc(O)c2Cl)C[C@H]1c1ccc(F)cc1. The van der Waals surface area contributed by atoms with E-state index >= 15 is 0 Å². The summed E-state index contributed by atoms with van der Waals surface area (Å²) in [4.78, 5) is 13.6. The summed E-state index contributed by atoms with van der Waals surface area (Å²) < 4.78 is 13.1. The number of phenols is 1. The number of rotatable bonds is 4. The molecule has 1 aliphatic rings. The van der Waals surface area contributed by atoms with Crippen LogP contribution in [-0.4, -0.2) is 34.2 Å². The summed E-state index contributed by atoms with van der Waals surface area (Å²) in [5.41, 5.74) is 1.56. The molecule has 0 radical (unpaired) electrons. The molecule has 0 aliphatic carbocycles. The maximum atomic E-state index is 13.1. The lowest BCUT2D eigenvalue weighted by Crippen LogP contribution is -2.23. The highest BCUT2D eigenvalue weighted by atomic mass is 35.5. The predicted octanol–water partition coefficient (Wildman–Crippen LogP) is 3.48. The number of halogens is 2. The number of aliphatic carboxylic acids is 1. The number of likely N-dealkylation sites (tertiary alicyclic amines) is 1. The van der Waals surface area contributed by atoms with E-state index in [2.05, 4.69) is 0 Å². The lowest BCUT2D eigenvalue weighted by molar-refractivity contribution is -0.141. The molecule has 3 rings (SSSR count). The maximum absolute atomic E-state index is 13.1. The topological polar surface area (TPSA) is 60.8 Å². The van der Waals surface area contributed by atoms with Gasteiger partial charge in [0.2, 0.25) is 0 Å². The molecular formula is C18H17ClFNO3. The smallest absolute Gasteiger partial charge is 0.308 e. The van der Waals surface area contributed by atoms with E-state index in [4.69, 9.17) is 11.6 Å². The zero-order chi connectivity index (χ0) is 17.3. The molecular weight excluding hydrogens is 333 g/mol. The lowest BCUT2D eigenvalue weighted by Gasteiger charge is -2.17. The van der Waals surface area contributed by atoms with Gasteiger partial charge in [-0.2, -0.15) is 0 Å². The van der Waals surface area contributed by atoms with E-state index in [1.165, 1.54) is 18.2 Å². The minimum Gasteiger partial charge on any atom is -0.506 e. The van der Waals surface area contributed by atoms with Crippen molar-refractivity contribution in [3.63, 3.8) is 0 Å². The highest BCUT2D eigenvalue weighted by molar-refractivity contribution is 6.32. The summed E-state index contributed by atoms with van der Waals surface area (Å²) in [6.45, 7) is 1.37. The molecule has 4 nitrogen and oxygen atoms in total. The summed E-state index contributed by atoms with van der Waals surface area (Å²) in [5.74, 6) is -1.97. The van der Waals surface area contributed by atoms with E-state index in [1.54, 1.807) is 18.2 Å². The fraction of sp³-hybridized carbons (Fsp3) is 0.278. The van der Waals surface area contributed by atoms with Gasteiger partial charge in [-0.25, -0.2) is 4.39 Å². The third-order valence-corrected chi connectivity index (χ3v) is 4.90. The van der Waals surface area contributed by atoms with E-state index in [1.807, 2.05) is 11.0 Å². The van der Waals surface area contributed by atoms with Crippen LogP contribution < -0.4 is 0 Å². The van der Waals surface area contributed by atoms with Gasteiger partial charge >= 0.3 is 5.97 Å². The number of hydrogen-bond donors (Lipinski definition) is 2. The van der Waals surface area contributed by atoms with Crippen molar-refractivity contribution in [1.82, 2.24) is 4.90 Å². The molecule has 1 heterocycles. The zero-order valence-corrected chi connectivity index (χ0v) is 13.6. The number of benzene rings is 2. The van der Waals surface area contributed by atoms with E-state index in [0.29, 0.717) is 19.6 Å². The predicted molar refractivity (Wildman–Crippen MR) is 88.7 cm³/mol. The molecule has 0 unspecified atom stereocenters. The first-order valence-corrected chi connectivity index (χ1v) is 8.00. The Hall–Kier alpha value is -2.11. The minimum absolute atomic E-state index is 0.0123. The van der Waals surface area contributed by atoms with Crippen LogP contribution in [0.3, 0.4) is 0 Å². The van der Waals surface area contributed by atoms with Crippen molar-refractivity contribution in [3.8, 4) is 5.75 Å². The van der Waals surface area contributed by atoms with Gasteiger partial charge in [0.05, 0.1) is 10.9 Å². The van der Waals surface area contributed by atoms with Crippen LogP contribution in [0.15, 0.2) is 42.5 Å². The van der Waals surface area contributed by atoms with Crippen molar-refractivity contribution >= 4 is 17.6 Å². The van der Waals surface area contributed by atoms with Gasteiger partial charge < -0.3 is 10.2 Å². The van der Waals surface area contributed by atoms with Crippen molar-refractivity contribution in [1.29, 1.82) is 0 Å². The maximum Gasteiger partial charge on any atom is 0.308 e. The number of nitrogens with zero attached hydrogens (tertiary/aromatic N) is 1. The van der Waals surface area contributed by atoms with Crippen LogP contribution in [0.25, 0.3) is 0 Å². The van der Waals surface area contributed by atoms with Gasteiger partial charge in [-0.05, 0) is 29.3 Å². The fourth-order valence-electron chi connectivity index (χ4n) is 3.24.